The summed E-state index contributed by atoms with van der Waals surface area (Å²) < 4.78 is 13.3. The summed E-state index contributed by atoms with van der Waals surface area (Å²) in [7, 11) is 0. The Morgan fingerprint density at radius 1 is 1.31 bits per heavy atom. The highest BCUT2D eigenvalue weighted by molar-refractivity contribution is 7.99. The molecule has 1 aliphatic heterocycles. The van der Waals surface area contributed by atoms with Crippen molar-refractivity contribution < 1.29 is 9.18 Å². The van der Waals surface area contributed by atoms with E-state index >= 15 is 0 Å². The Morgan fingerprint density at radius 2 is 2.00 bits per heavy atom. The van der Waals surface area contributed by atoms with Gasteiger partial charge in [-0.25, -0.2) is 4.39 Å². The second-order valence-corrected chi connectivity index (χ2v) is 5.08. The number of benzene rings is 1. The Bertz CT molecular complexity index is 377. The summed E-state index contributed by atoms with van der Waals surface area (Å²) in [5.74, 6) is 1.66. The van der Waals surface area contributed by atoms with E-state index in [1.165, 1.54) is 6.07 Å². The van der Waals surface area contributed by atoms with E-state index in [0.29, 0.717) is 0 Å². The summed E-state index contributed by atoms with van der Waals surface area (Å²) in [5, 5.41) is 2.66. The highest BCUT2D eigenvalue weighted by Gasteiger charge is 2.21. The molecule has 0 aromatic heterocycles. The third-order valence-electron chi connectivity index (χ3n) is 2.72. The standard InChI is InChI=1S/C12H14FNOS/c13-10-3-1-2-4-11(10)14-12(15)9-5-7-16-8-6-9/h1-4,9H,5-8H2,(H,14,15). The van der Waals surface area contributed by atoms with Gasteiger partial charge in [-0.1, -0.05) is 12.1 Å². The monoisotopic (exact) mass is 239 g/mol. The van der Waals surface area contributed by atoms with Gasteiger partial charge in [0.2, 0.25) is 5.91 Å². The van der Waals surface area contributed by atoms with Crippen molar-refractivity contribution in [1.29, 1.82) is 0 Å². The maximum atomic E-state index is 13.3. The van der Waals surface area contributed by atoms with Crippen LogP contribution in [0.1, 0.15) is 12.8 Å². The maximum absolute atomic E-state index is 13.3. The first kappa shape index (κ1) is 11.5. The van der Waals surface area contributed by atoms with E-state index in [1.54, 1.807) is 18.2 Å². The molecule has 86 valence electrons. The molecule has 1 amide bonds. The zero-order chi connectivity index (χ0) is 11.4. The van der Waals surface area contributed by atoms with Gasteiger partial charge >= 0.3 is 0 Å². The van der Waals surface area contributed by atoms with Gasteiger partial charge in [0.25, 0.3) is 0 Å². The first-order valence-corrected chi connectivity index (χ1v) is 6.56. The van der Waals surface area contributed by atoms with Crippen LogP contribution in [0, 0.1) is 11.7 Å². The Labute approximate surface area is 98.6 Å². The third-order valence-corrected chi connectivity index (χ3v) is 3.77. The molecule has 16 heavy (non-hydrogen) atoms. The number of para-hydroxylation sites is 1. The van der Waals surface area contributed by atoms with Crippen molar-refractivity contribution in [3.05, 3.63) is 30.1 Å². The van der Waals surface area contributed by atoms with Crippen LogP contribution in [0.4, 0.5) is 10.1 Å². The smallest absolute Gasteiger partial charge is 0.227 e. The molecule has 0 saturated carbocycles. The van der Waals surface area contributed by atoms with Crippen LogP contribution < -0.4 is 5.32 Å². The molecule has 0 bridgehead atoms. The van der Waals surface area contributed by atoms with Gasteiger partial charge in [-0.05, 0) is 36.5 Å². The number of anilines is 1. The minimum atomic E-state index is -0.374. The van der Waals surface area contributed by atoms with Crippen LogP contribution in [0.3, 0.4) is 0 Å². The molecule has 1 fully saturated rings. The number of nitrogens with one attached hydrogen (secondary N) is 1. The van der Waals surface area contributed by atoms with Gasteiger partial charge in [0, 0.05) is 5.92 Å². The lowest BCUT2D eigenvalue weighted by molar-refractivity contribution is -0.120. The Balaban J connectivity index is 1.99. The minimum absolute atomic E-state index is 0.0425. The summed E-state index contributed by atoms with van der Waals surface area (Å²) in [5.41, 5.74) is 0.283. The highest BCUT2D eigenvalue weighted by Crippen LogP contribution is 2.24. The number of hydrogen-bond donors (Lipinski definition) is 1. The van der Waals surface area contributed by atoms with Crippen molar-refractivity contribution in [2.75, 3.05) is 16.8 Å². The predicted molar refractivity (Wildman–Crippen MR) is 65.1 cm³/mol. The molecule has 1 N–H and O–H groups in total. The van der Waals surface area contributed by atoms with Gasteiger partial charge in [0.15, 0.2) is 0 Å². The fraction of sp³-hybridized carbons (Fsp3) is 0.417. The van der Waals surface area contributed by atoms with E-state index < -0.39 is 0 Å². The summed E-state index contributed by atoms with van der Waals surface area (Å²) >= 11 is 1.87. The van der Waals surface area contributed by atoms with Gasteiger partial charge in [-0.3, -0.25) is 4.79 Å². The van der Waals surface area contributed by atoms with Crippen molar-refractivity contribution in [2.45, 2.75) is 12.8 Å². The summed E-state index contributed by atoms with van der Waals surface area (Å²) in [6.45, 7) is 0. The molecule has 0 radical (unpaired) electrons. The maximum Gasteiger partial charge on any atom is 0.227 e. The van der Waals surface area contributed by atoms with Crippen LogP contribution in [-0.2, 0) is 4.79 Å². The Kier molecular flexibility index (Phi) is 3.83. The SMILES string of the molecule is O=C(Nc1ccccc1F)C1CCSCC1. The number of hydrogen-bond acceptors (Lipinski definition) is 2. The third kappa shape index (κ3) is 2.76. The van der Waals surface area contributed by atoms with E-state index in [0.717, 1.165) is 24.3 Å². The fourth-order valence-corrected chi connectivity index (χ4v) is 2.86. The number of carbonyl (C=O) groups is 1. The number of carbonyl (C=O) groups excluding carboxylic acids is 1. The van der Waals surface area contributed by atoms with Gasteiger partial charge in [0.1, 0.15) is 5.82 Å². The zero-order valence-corrected chi connectivity index (χ0v) is 9.73. The second-order valence-electron chi connectivity index (χ2n) is 3.86. The van der Waals surface area contributed by atoms with Gasteiger partial charge in [0.05, 0.1) is 5.69 Å². The summed E-state index contributed by atoms with van der Waals surface area (Å²) in [6, 6.07) is 6.27. The lowest BCUT2D eigenvalue weighted by Crippen LogP contribution is -2.26. The Hall–Kier alpha value is -1.03. The van der Waals surface area contributed by atoms with Crippen LogP contribution in [0.15, 0.2) is 24.3 Å². The molecule has 4 heteroatoms. The van der Waals surface area contributed by atoms with Gasteiger partial charge < -0.3 is 5.32 Å². The van der Waals surface area contributed by atoms with Crippen molar-refractivity contribution in [3.8, 4) is 0 Å². The van der Waals surface area contributed by atoms with Crippen LogP contribution in [-0.4, -0.2) is 17.4 Å². The number of rotatable bonds is 2. The van der Waals surface area contributed by atoms with Crippen molar-refractivity contribution >= 4 is 23.4 Å². The quantitative estimate of drug-likeness (QED) is 0.859. The van der Waals surface area contributed by atoms with E-state index in [9.17, 15) is 9.18 Å². The molecular weight excluding hydrogens is 225 g/mol. The molecule has 1 heterocycles. The van der Waals surface area contributed by atoms with Gasteiger partial charge in [-0.15, -0.1) is 0 Å². The molecule has 1 aromatic rings. The van der Waals surface area contributed by atoms with Gasteiger partial charge in [-0.2, -0.15) is 11.8 Å². The molecule has 1 saturated heterocycles. The molecule has 0 atom stereocenters. The van der Waals surface area contributed by atoms with Crippen LogP contribution in [0.2, 0.25) is 0 Å². The second kappa shape index (κ2) is 5.34. The fourth-order valence-electron chi connectivity index (χ4n) is 1.76. The molecule has 1 aromatic carbocycles. The average molecular weight is 239 g/mol. The van der Waals surface area contributed by atoms with E-state index in [1.807, 2.05) is 11.8 Å². The largest absolute Gasteiger partial charge is 0.323 e. The van der Waals surface area contributed by atoms with Crippen molar-refractivity contribution in [3.63, 3.8) is 0 Å². The first-order valence-electron chi connectivity index (χ1n) is 5.40. The molecule has 1 aliphatic rings. The van der Waals surface area contributed by atoms with E-state index in [2.05, 4.69) is 5.32 Å². The van der Waals surface area contributed by atoms with E-state index in [4.69, 9.17) is 0 Å². The van der Waals surface area contributed by atoms with Crippen LogP contribution in [0.5, 0.6) is 0 Å². The van der Waals surface area contributed by atoms with E-state index in [-0.39, 0.29) is 23.3 Å². The minimum Gasteiger partial charge on any atom is -0.323 e. The van der Waals surface area contributed by atoms with Crippen molar-refractivity contribution in [1.82, 2.24) is 0 Å². The van der Waals surface area contributed by atoms with Crippen LogP contribution >= 0.6 is 11.8 Å². The molecular formula is C12H14FNOS. The molecule has 0 unspecified atom stereocenters. The molecule has 0 spiro atoms. The average Bonchev–Trinajstić information content (AvgIpc) is 2.33. The summed E-state index contributed by atoms with van der Waals surface area (Å²) in [4.78, 5) is 11.8. The first-order chi connectivity index (χ1) is 7.77. The number of amides is 1. The number of thioether (sulfide) groups is 1. The highest BCUT2D eigenvalue weighted by atomic mass is 32.2. The normalized spacial score (nSPS) is 17.1. The molecule has 2 rings (SSSR count). The molecule has 2 nitrogen and oxygen atoms in total. The van der Waals surface area contributed by atoms with Crippen molar-refractivity contribution in [2.24, 2.45) is 5.92 Å². The van der Waals surface area contributed by atoms with Crippen LogP contribution in [0.25, 0.3) is 0 Å². The summed E-state index contributed by atoms with van der Waals surface area (Å²) in [6.07, 6.45) is 1.79. The Morgan fingerprint density at radius 3 is 2.69 bits per heavy atom. The lowest BCUT2D eigenvalue weighted by atomic mass is 10.0. The predicted octanol–water partition coefficient (Wildman–Crippen LogP) is 2.91. The zero-order valence-electron chi connectivity index (χ0n) is 8.91. The molecule has 0 aliphatic carbocycles. The lowest BCUT2D eigenvalue weighted by Gasteiger charge is -2.20. The topological polar surface area (TPSA) is 29.1 Å². The number of halogens is 1.